The summed E-state index contributed by atoms with van der Waals surface area (Å²) in [6.07, 6.45) is 3.18. The molecule has 0 fully saturated rings. The molecule has 3 aromatic rings. The fourth-order valence-electron chi connectivity index (χ4n) is 3.02. The Balaban J connectivity index is 1.50. The number of carbonyl (C=O) groups excluding carboxylic acids is 2. The quantitative estimate of drug-likeness (QED) is 0.597. The Morgan fingerprint density at radius 2 is 1.97 bits per heavy atom. The third-order valence-electron chi connectivity index (χ3n) is 4.61. The first kappa shape index (κ1) is 20.3. The molecule has 11 heteroatoms. The van der Waals surface area contributed by atoms with Crippen molar-refractivity contribution in [2.24, 2.45) is 0 Å². The number of carbonyl (C=O) groups is 2. The number of anilines is 1. The Labute approximate surface area is 176 Å². The Hall–Kier alpha value is -3.02. The summed E-state index contributed by atoms with van der Waals surface area (Å²) in [4.78, 5) is 29.0. The number of nitrogens with one attached hydrogen (secondary N) is 1. The molecule has 3 heterocycles. The molecule has 1 aromatic carbocycles. The largest absolute Gasteiger partial charge is 0.472 e. The van der Waals surface area contributed by atoms with Crippen molar-refractivity contribution in [2.75, 3.05) is 19.0 Å². The highest BCUT2D eigenvalue weighted by Gasteiger charge is 2.30. The van der Waals surface area contributed by atoms with Gasteiger partial charge in [-0.3, -0.25) is 10.1 Å². The van der Waals surface area contributed by atoms with Crippen LogP contribution >= 0.6 is 11.3 Å². The van der Waals surface area contributed by atoms with Crippen molar-refractivity contribution in [1.82, 2.24) is 9.29 Å². The molecule has 156 valence electrons. The smallest absolute Gasteiger partial charge is 0.337 e. The molecule has 0 bridgehead atoms. The zero-order chi connectivity index (χ0) is 21.3. The lowest BCUT2D eigenvalue weighted by Gasteiger charge is -2.25. The summed E-state index contributed by atoms with van der Waals surface area (Å²) in [7, 11) is -2.48. The van der Waals surface area contributed by atoms with Crippen LogP contribution in [0.5, 0.6) is 0 Å². The molecule has 1 N–H and O–H groups in total. The predicted molar refractivity (Wildman–Crippen MR) is 108 cm³/mol. The van der Waals surface area contributed by atoms with Crippen molar-refractivity contribution in [1.29, 1.82) is 0 Å². The van der Waals surface area contributed by atoms with E-state index in [0.29, 0.717) is 17.1 Å². The van der Waals surface area contributed by atoms with Gasteiger partial charge in [0.15, 0.2) is 5.13 Å². The van der Waals surface area contributed by atoms with Gasteiger partial charge in [-0.05, 0) is 30.3 Å². The minimum Gasteiger partial charge on any atom is -0.472 e. The molecule has 0 unspecified atom stereocenters. The number of methoxy groups -OCH3 is 1. The highest BCUT2D eigenvalue weighted by atomic mass is 32.2. The van der Waals surface area contributed by atoms with Crippen molar-refractivity contribution in [3.8, 4) is 0 Å². The molecule has 0 saturated heterocycles. The summed E-state index contributed by atoms with van der Waals surface area (Å²) in [5.41, 5.74) is 1.43. The van der Waals surface area contributed by atoms with Crippen LogP contribution in [0.3, 0.4) is 0 Å². The van der Waals surface area contributed by atoms with Crippen molar-refractivity contribution in [3.05, 3.63) is 64.6 Å². The Morgan fingerprint density at radius 3 is 2.63 bits per heavy atom. The van der Waals surface area contributed by atoms with E-state index in [2.05, 4.69) is 15.0 Å². The van der Waals surface area contributed by atoms with Gasteiger partial charge >= 0.3 is 5.97 Å². The maximum absolute atomic E-state index is 13.0. The zero-order valence-corrected chi connectivity index (χ0v) is 17.5. The number of fused-ring (bicyclic) bond motifs is 1. The molecule has 0 aliphatic carbocycles. The average molecular weight is 447 g/mol. The summed E-state index contributed by atoms with van der Waals surface area (Å²) in [5.74, 6) is -0.874. The van der Waals surface area contributed by atoms with Crippen LogP contribution in [0.25, 0.3) is 0 Å². The maximum atomic E-state index is 13.0. The topological polar surface area (TPSA) is 119 Å². The molecule has 0 radical (unpaired) electrons. The Bertz CT molecular complexity index is 1180. The van der Waals surface area contributed by atoms with Crippen LogP contribution in [0.1, 0.15) is 31.3 Å². The molecule has 1 amide bonds. The highest BCUT2D eigenvalue weighted by Crippen LogP contribution is 2.31. The molecule has 30 heavy (non-hydrogen) atoms. The van der Waals surface area contributed by atoms with Gasteiger partial charge in [0.1, 0.15) is 6.26 Å². The van der Waals surface area contributed by atoms with E-state index in [0.717, 1.165) is 10.6 Å². The predicted octanol–water partition coefficient (Wildman–Crippen LogP) is 2.52. The summed E-state index contributed by atoms with van der Waals surface area (Å²) in [5, 5.41) is 3.12. The minimum absolute atomic E-state index is 0.0941. The average Bonchev–Trinajstić information content (AvgIpc) is 3.42. The monoisotopic (exact) mass is 447 g/mol. The minimum atomic E-state index is -3.74. The van der Waals surface area contributed by atoms with Gasteiger partial charge in [0.05, 0.1) is 41.6 Å². The number of furan rings is 1. The molecule has 1 aliphatic heterocycles. The van der Waals surface area contributed by atoms with Crippen molar-refractivity contribution in [2.45, 2.75) is 17.9 Å². The van der Waals surface area contributed by atoms with Gasteiger partial charge in [-0.15, -0.1) is 11.3 Å². The number of rotatable bonds is 5. The fraction of sp³-hybridized carbons (Fsp3) is 0.211. The second kappa shape index (κ2) is 8.01. The molecule has 2 aromatic heterocycles. The number of benzene rings is 1. The van der Waals surface area contributed by atoms with Crippen molar-refractivity contribution < 1.29 is 27.2 Å². The fourth-order valence-corrected chi connectivity index (χ4v) is 5.53. The SMILES string of the molecule is COC(=O)c1ccc(S(=O)(=O)N2CCc3nc(NC(=O)c4ccoc4)sc3C2)cc1. The summed E-state index contributed by atoms with van der Waals surface area (Å²) < 4.78 is 36.9. The van der Waals surface area contributed by atoms with E-state index >= 15 is 0 Å². The van der Waals surface area contributed by atoms with E-state index in [1.54, 1.807) is 6.07 Å². The summed E-state index contributed by atoms with van der Waals surface area (Å²) >= 11 is 1.24. The van der Waals surface area contributed by atoms with Crippen LogP contribution in [0.2, 0.25) is 0 Å². The van der Waals surface area contributed by atoms with Crippen LogP contribution < -0.4 is 5.32 Å². The number of amides is 1. The number of esters is 1. The van der Waals surface area contributed by atoms with E-state index in [-0.39, 0.29) is 29.5 Å². The van der Waals surface area contributed by atoms with E-state index in [1.807, 2.05) is 0 Å². The number of sulfonamides is 1. The first-order valence-electron chi connectivity index (χ1n) is 8.89. The van der Waals surface area contributed by atoms with E-state index in [9.17, 15) is 18.0 Å². The molecule has 4 rings (SSSR count). The van der Waals surface area contributed by atoms with E-state index < -0.39 is 16.0 Å². The summed E-state index contributed by atoms with van der Waals surface area (Å²) in [6, 6.07) is 7.16. The third-order valence-corrected chi connectivity index (χ3v) is 7.47. The molecule has 0 atom stereocenters. The normalized spacial score (nSPS) is 14.2. The Morgan fingerprint density at radius 1 is 1.20 bits per heavy atom. The van der Waals surface area contributed by atoms with Gasteiger partial charge in [-0.25, -0.2) is 18.2 Å². The first-order chi connectivity index (χ1) is 14.4. The van der Waals surface area contributed by atoms with Crippen LogP contribution in [0.15, 0.2) is 52.2 Å². The zero-order valence-electron chi connectivity index (χ0n) is 15.8. The van der Waals surface area contributed by atoms with E-state index in [1.165, 1.54) is 59.5 Å². The van der Waals surface area contributed by atoms with Gasteiger partial charge in [-0.2, -0.15) is 4.31 Å². The lowest BCUT2D eigenvalue weighted by atomic mass is 10.2. The van der Waals surface area contributed by atoms with Gasteiger partial charge in [-0.1, -0.05) is 0 Å². The number of aromatic nitrogens is 1. The maximum Gasteiger partial charge on any atom is 0.337 e. The number of nitrogens with zero attached hydrogens (tertiary/aromatic N) is 2. The second-order valence-electron chi connectivity index (χ2n) is 6.46. The lowest BCUT2D eigenvalue weighted by Crippen LogP contribution is -2.35. The number of hydrogen-bond acceptors (Lipinski definition) is 8. The molecule has 0 spiro atoms. The van der Waals surface area contributed by atoms with Crippen LogP contribution in [0, 0.1) is 0 Å². The molecule has 0 saturated carbocycles. The van der Waals surface area contributed by atoms with E-state index in [4.69, 9.17) is 4.42 Å². The van der Waals surface area contributed by atoms with Crippen molar-refractivity contribution >= 4 is 38.4 Å². The van der Waals surface area contributed by atoms with Crippen LogP contribution in [-0.4, -0.2) is 43.2 Å². The standard InChI is InChI=1S/C19H17N3O6S2/c1-27-18(24)12-2-4-14(5-3-12)30(25,26)22-8-6-15-16(10-22)29-19(20-15)21-17(23)13-7-9-28-11-13/h2-5,7,9,11H,6,8,10H2,1H3,(H,20,21,23). The molecule has 1 aliphatic rings. The van der Waals surface area contributed by atoms with Gasteiger partial charge in [0.2, 0.25) is 10.0 Å². The van der Waals surface area contributed by atoms with Gasteiger partial charge in [0.25, 0.3) is 5.91 Å². The van der Waals surface area contributed by atoms with Gasteiger partial charge < -0.3 is 9.15 Å². The molecular weight excluding hydrogens is 430 g/mol. The van der Waals surface area contributed by atoms with Gasteiger partial charge in [0, 0.05) is 17.8 Å². The lowest BCUT2D eigenvalue weighted by molar-refractivity contribution is 0.0600. The second-order valence-corrected chi connectivity index (χ2v) is 9.48. The summed E-state index contributed by atoms with van der Waals surface area (Å²) in [6.45, 7) is 0.433. The Kier molecular flexibility index (Phi) is 5.41. The van der Waals surface area contributed by atoms with Crippen molar-refractivity contribution in [3.63, 3.8) is 0 Å². The number of thiazole rings is 1. The molecule has 9 nitrogen and oxygen atoms in total. The third kappa shape index (κ3) is 3.86. The van der Waals surface area contributed by atoms with Crippen LogP contribution in [0.4, 0.5) is 5.13 Å². The molecular formula is C19H17N3O6S2. The highest BCUT2D eigenvalue weighted by molar-refractivity contribution is 7.89. The first-order valence-corrected chi connectivity index (χ1v) is 11.1. The number of ether oxygens (including phenoxy) is 1. The number of hydrogen-bond donors (Lipinski definition) is 1. The van der Waals surface area contributed by atoms with Crippen LogP contribution in [-0.2, 0) is 27.7 Å².